The fourth-order valence-electron chi connectivity index (χ4n) is 10.7. The number of hydrogen-bond donors (Lipinski definition) is 1. The fourth-order valence-corrected chi connectivity index (χ4v) is 20.3. The molecule has 0 radical (unpaired) electrons. The number of aliphatic imine (C=N–C) groups is 2. The van der Waals surface area contributed by atoms with Gasteiger partial charge in [0.1, 0.15) is 11.7 Å². The van der Waals surface area contributed by atoms with Gasteiger partial charge in [-0.25, -0.2) is 9.98 Å². The summed E-state index contributed by atoms with van der Waals surface area (Å²) in [7, 11) is -5.61. The van der Waals surface area contributed by atoms with Gasteiger partial charge in [0, 0.05) is 11.1 Å². The average Bonchev–Trinajstić information content (AvgIpc) is 3.36. The zero-order chi connectivity index (χ0) is 44.2. The molecule has 1 aliphatic heterocycles. The lowest BCUT2D eigenvalue weighted by molar-refractivity contribution is 0.666. The molecule has 1 aliphatic carbocycles. The van der Waals surface area contributed by atoms with Crippen LogP contribution >= 0.6 is 0 Å². The van der Waals surface area contributed by atoms with Crippen molar-refractivity contribution in [2.45, 2.75) is 33.4 Å². The van der Waals surface area contributed by atoms with Crippen LogP contribution in [-0.4, -0.2) is 27.8 Å². The normalized spacial score (nSPS) is 16.5. The largest absolute Gasteiger partial charge is 0.325 e. The third-order valence-corrected chi connectivity index (χ3v) is 23.0. The lowest BCUT2D eigenvalue weighted by atomic mass is 9.84. The van der Waals surface area contributed by atoms with E-state index in [1.54, 1.807) is 0 Å². The van der Waals surface area contributed by atoms with Crippen molar-refractivity contribution in [3.63, 3.8) is 0 Å². The molecule has 0 fully saturated rings. The lowest BCUT2D eigenvalue weighted by Gasteiger charge is -2.35. The molecule has 316 valence electrons. The number of benzene rings is 8. The molecular formula is C60H53N3Si2. The van der Waals surface area contributed by atoms with Crippen LogP contribution in [0.2, 0.25) is 0 Å². The second-order valence-corrected chi connectivity index (χ2v) is 25.2. The molecule has 3 nitrogen and oxygen atoms in total. The monoisotopic (exact) mass is 871 g/mol. The first kappa shape index (κ1) is 41.8. The van der Waals surface area contributed by atoms with Crippen molar-refractivity contribution in [2.75, 3.05) is 0 Å². The van der Waals surface area contributed by atoms with Crippen LogP contribution in [0.1, 0.15) is 44.5 Å². The molecule has 65 heavy (non-hydrogen) atoms. The van der Waals surface area contributed by atoms with Gasteiger partial charge in [-0.3, -0.25) is 0 Å². The van der Waals surface area contributed by atoms with Gasteiger partial charge >= 0.3 is 0 Å². The van der Waals surface area contributed by atoms with Gasteiger partial charge in [-0.2, -0.15) is 0 Å². The topological polar surface area (TPSA) is 36.8 Å². The van der Waals surface area contributed by atoms with Crippen LogP contribution < -0.4 is 46.8 Å². The van der Waals surface area contributed by atoms with Gasteiger partial charge in [0.2, 0.25) is 0 Å². The van der Waals surface area contributed by atoms with E-state index in [1.165, 1.54) is 58.2 Å². The predicted octanol–water partition coefficient (Wildman–Crippen LogP) is 8.19. The van der Waals surface area contributed by atoms with Gasteiger partial charge in [-0.1, -0.05) is 249 Å². The molecule has 0 spiro atoms. The lowest BCUT2D eigenvalue weighted by Crippen LogP contribution is -2.74. The van der Waals surface area contributed by atoms with Gasteiger partial charge in [0.15, 0.2) is 22.3 Å². The number of nitrogens with one attached hydrogen (secondary N) is 1. The van der Waals surface area contributed by atoms with Crippen molar-refractivity contribution in [1.82, 2.24) is 5.32 Å². The molecule has 2 aliphatic rings. The first-order valence-corrected chi connectivity index (χ1v) is 26.8. The summed E-state index contributed by atoms with van der Waals surface area (Å²) in [6.45, 7) is 6.81. The highest BCUT2D eigenvalue weighted by atomic mass is 28.3. The van der Waals surface area contributed by atoms with Crippen LogP contribution in [0.15, 0.2) is 263 Å². The molecule has 1 heterocycles. The fraction of sp³-hybridized carbons (Fsp3) is 0.100. The minimum atomic E-state index is -2.81. The average molecular weight is 872 g/mol. The highest BCUT2D eigenvalue weighted by Crippen LogP contribution is 2.33. The number of allylic oxidation sites excluding steroid dienone is 3. The highest BCUT2D eigenvalue weighted by molar-refractivity contribution is 7.20. The van der Waals surface area contributed by atoms with Crippen LogP contribution in [0.3, 0.4) is 0 Å². The van der Waals surface area contributed by atoms with Crippen molar-refractivity contribution in [2.24, 2.45) is 15.9 Å². The van der Waals surface area contributed by atoms with E-state index in [1.807, 2.05) is 0 Å². The molecule has 2 unspecified atom stereocenters. The van der Waals surface area contributed by atoms with Crippen molar-refractivity contribution in [3.8, 4) is 0 Å². The quantitative estimate of drug-likeness (QED) is 0.103. The van der Waals surface area contributed by atoms with Gasteiger partial charge in [0.25, 0.3) is 0 Å². The molecule has 0 saturated heterocycles. The van der Waals surface area contributed by atoms with E-state index in [2.05, 4.69) is 263 Å². The maximum Gasteiger partial charge on any atom is 0.179 e. The van der Waals surface area contributed by atoms with Crippen LogP contribution in [0.4, 0.5) is 0 Å². The van der Waals surface area contributed by atoms with Gasteiger partial charge in [-0.05, 0) is 78.8 Å². The third kappa shape index (κ3) is 7.71. The number of amidine groups is 2. The van der Waals surface area contributed by atoms with Crippen molar-refractivity contribution in [1.29, 1.82) is 0 Å². The van der Waals surface area contributed by atoms with Crippen molar-refractivity contribution >= 4 is 69.3 Å². The third-order valence-electron chi connectivity index (χ3n) is 13.4. The Morgan fingerprint density at radius 1 is 0.415 bits per heavy atom. The van der Waals surface area contributed by atoms with Gasteiger partial charge in [0.05, 0.1) is 0 Å². The molecule has 0 aromatic heterocycles. The van der Waals surface area contributed by atoms with E-state index in [9.17, 15) is 0 Å². The Kier molecular flexibility index (Phi) is 11.7. The Labute approximate surface area is 386 Å². The van der Waals surface area contributed by atoms with E-state index in [0.717, 1.165) is 29.2 Å². The number of hydrogen-bond acceptors (Lipinski definition) is 3. The summed E-state index contributed by atoms with van der Waals surface area (Å²) in [6.07, 6.45) is 2.85. The van der Waals surface area contributed by atoms with Crippen molar-refractivity contribution < 1.29 is 0 Å². The zero-order valence-corrected chi connectivity index (χ0v) is 39.3. The summed E-state index contributed by atoms with van der Waals surface area (Å²) >= 11 is 0. The van der Waals surface area contributed by atoms with E-state index in [4.69, 9.17) is 9.98 Å². The van der Waals surface area contributed by atoms with Gasteiger partial charge < -0.3 is 5.32 Å². The molecule has 0 saturated carbocycles. The number of rotatable bonds is 11. The first-order chi connectivity index (χ1) is 32.0. The maximum absolute atomic E-state index is 5.63. The Morgan fingerprint density at radius 3 is 1.20 bits per heavy atom. The molecular weight excluding hydrogens is 819 g/mol. The Hall–Kier alpha value is -7.19. The Morgan fingerprint density at radius 2 is 0.785 bits per heavy atom. The summed E-state index contributed by atoms with van der Waals surface area (Å²) < 4.78 is 0. The summed E-state index contributed by atoms with van der Waals surface area (Å²) in [5, 5.41) is 14.5. The summed E-state index contributed by atoms with van der Waals surface area (Å²) in [5.74, 6) is 2.04. The van der Waals surface area contributed by atoms with Crippen molar-refractivity contribution in [3.05, 3.63) is 264 Å². The SMILES string of the molecule is CC1=CC(C)=C(C2=NC(c3cccc([Si](c4ccccc4)(c4ccccc4)c4ccccc4)c3)N=C(c3cccc([Si](c4ccccc4)(c4ccccc4)c4ccccc4)c3)N2)C(C)C1. The van der Waals surface area contributed by atoms with Crippen LogP contribution in [-0.2, 0) is 0 Å². The smallest absolute Gasteiger partial charge is 0.179 e. The highest BCUT2D eigenvalue weighted by Gasteiger charge is 2.43. The summed E-state index contributed by atoms with van der Waals surface area (Å²) in [6, 6.07) is 85.2. The Balaban J connectivity index is 1.18. The molecule has 5 heteroatoms. The molecule has 10 rings (SSSR count). The molecule has 0 bridgehead atoms. The van der Waals surface area contributed by atoms with Crippen LogP contribution in [0, 0.1) is 5.92 Å². The van der Waals surface area contributed by atoms with E-state index in [-0.39, 0.29) is 0 Å². The number of nitrogens with zero attached hydrogens (tertiary/aromatic N) is 2. The molecule has 0 amide bonds. The maximum atomic E-state index is 5.63. The van der Waals surface area contributed by atoms with E-state index >= 15 is 0 Å². The van der Waals surface area contributed by atoms with Gasteiger partial charge in [-0.15, -0.1) is 0 Å². The summed E-state index contributed by atoms with van der Waals surface area (Å²) in [4.78, 5) is 11.2. The predicted molar refractivity (Wildman–Crippen MR) is 280 cm³/mol. The standard InChI is InChI=1S/C60H53N3Si2/c1-44-40-45(2)57(46(3)41-44)60-62-58(47-24-22-38-55(42-47)64(49-26-10-4-11-27-49,50-28-12-5-13-29-50)51-30-14-6-15-31-51)61-59(63-60)48-25-23-39-56(43-48)65(52-32-16-7-17-33-52,53-34-18-8-19-35-53)54-36-20-9-21-37-54/h4-40,42-43,46,58H,41H2,1-3H3,(H,61,62,63). The van der Waals surface area contributed by atoms with E-state index in [0.29, 0.717) is 5.92 Å². The second-order valence-electron chi connectivity index (χ2n) is 17.5. The summed E-state index contributed by atoms with van der Waals surface area (Å²) in [5.41, 5.74) is 6.02. The first-order valence-electron chi connectivity index (χ1n) is 22.8. The van der Waals surface area contributed by atoms with E-state index < -0.39 is 22.3 Å². The molecule has 2 atom stereocenters. The zero-order valence-electron chi connectivity index (χ0n) is 37.3. The minimum Gasteiger partial charge on any atom is -0.325 e. The second kappa shape index (κ2) is 18.1. The Bertz CT molecular complexity index is 2860. The molecule has 8 aromatic carbocycles. The molecule has 8 aromatic rings. The minimum absolute atomic E-state index is 0.299. The van der Waals surface area contributed by atoms with Crippen LogP contribution in [0.5, 0.6) is 0 Å². The van der Waals surface area contributed by atoms with Crippen LogP contribution in [0.25, 0.3) is 0 Å². The molecule has 1 N–H and O–H groups in total.